The van der Waals surface area contributed by atoms with Gasteiger partial charge in [-0.2, -0.15) is 0 Å². The highest BCUT2D eigenvalue weighted by Gasteiger charge is 2.10. The minimum Gasteiger partial charge on any atom is -0.490 e. The first-order chi connectivity index (χ1) is 8.91. The first-order valence-electron chi connectivity index (χ1n) is 5.65. The molecule has 0 aliphatic rings. The van der Waals surface area contributed by atoms with Crippen molar-refractivity contribution in [1.82, 2.24) is 4.72 Å². The van der Waals surface area contributed by atoms with Crippen LogP contribution in [0.25, 0.3) is 0 Å². The monoisotopic (exact) mass is 306 g/mol. The Labute approximate surface area is 115 Å². The van der Waals surface area contributed by atoms with Crippen LogP contribution in [0.15, 0.2) is 24.3 Å². The van der Waals surface area contributed by atoms with E-state index in [0.717, 1.165) is 0 Å². The van der Waals surface area contributed by atoms with Crippen molar-refractivity contribution in [2.75, 3.05) is 36.6 Å². The largest absolute Gasteiger partial charge is 0.490 e. The molecule has 3 N–H and O–H groups in total. The highest BCUT2D eigenvalue weighted by atomic mass is 32.2. The van der Waals surface area contributed by atoms with Gasteiger partial charge in [-0.25, -0.2) is 13.1 Å². The van der Waals surface area contributed by atoms with E-state index in [0.29, 0.717) is 17.2 Å². The van der Waals surface area contributed by atoms with E-state index in [1.54, 1.807) is 24.3 Å². The van der Waals surface area contributed by atoms with Crippen LogP contribution in [0.3, 0.4) is 0 Å². The van der Waals surface area contributed by atoms with Gasteiger partial charge in [-0.05, 0) is 12.1 Å². The quantitative estimate of drug-likeness (QED) is 0.656. The van der Waals surface area contributed by atoms with Gasteiger partial charge in [0, 0.05) is 29.4 Å². The molecule has 0 radical (unpaired) electrons. The molecule has 0 saturated heterocycles. The molecule has 0 bridgehead atoms. The molecule has 1 rings (SSSR count). The molecule has 0 spiro atoms. The number of benzene rings is 1. The zero-order chi connectivity index (χ0) is 14.3. The fourth-order valence-electron chi connectivity index (χ4n) is 1.29. The maximum atomic E-state index is 11.6. The first-order valence-corrected chi connectivity index (χ1v) is 9.03. The average molecular weight is 306 g/mol. The Kier molecular flexibility index (Phi) is 6.26. The van der Waals surface area contributed by atoms with Crippen LogP contribution in [0.5, 0.6) is 5.75 Å². The molecule has 0 aliphatic carbocycles. The normalized spacial score (nSPS) is 13.1. The van der Waals surface area contributed by atoms with E-state index in [4.69, 9.17) is 10.5 Å². The van der Waals surface area contributed by atoms with Crippen molar-refractivity contribution < 1.29 is 17.4 Å². The summed E-state index contributed by atoms with van der Waals surface area (Å²) in [4.78, 5) is 0. The molecule has 0 saturated carbocycles. The number of nitrogen functional groups attached to an aromatic ring is 1. The average Bonchev–Trinajstić information content (AvgIpc) is 2.30. The predicted octanol–water partition coefficient (Wildman–Crippen LogP) is -0.0545. The molecule has 1 atom stereocenters. The van der Waals surface area contributed by atoms with Gasteiger partial charge >= 0.3 is 0 Å². The van der Waals surface area contributed by atoms with Gasteiger partial charge in [-0.1, -0.05) is 12.1 Å². The number of sulfonamides is 1. The summed E-state index contributed by atoms with van der Waals surface area (Å²) in [6.45, 7) is 0.178. The fourth-order valence-corrected chi connectivity index (χ4v) is 2.67. The van der Waals surface area contributed by atoms with Crippen LogP contribution < -0.4 is 15.2 Å². The number of rotatable bonds is 8. The minimum atomic E-state index is -3.41. The maximum absolute atomic E-state index is 11.6. The summed E-state index contributed by atoms with van der Waals surface area (Å²) in [6.07, 6.45) is 1.52. The third kappa shape index (κ3) is 6.55. The third-order valence-corrected chi connectivity index (χ3v) is 4.37. The standard InChI is InChI=1S/C11H18N2O4S2/c1-18(14)8-6-13-19(15,16)9-7-17-11-5-3-2-4-10(11)12/h2-5,13H,6-9,12H2,1H3. The number of nitrogens with two attached hydrogens (primary N) is 1. The van der Waals surface area contributed by atoms with Gasteiger partial charge in [0.25, 0.3) is 0 Å². The van der Waals surface area contributed by atoms with Gasteiger partial charge in [-0.3, -0.25) is 4.21 Å². The molecule has 0 amide bonds. The summed E-state index contributed by atoms with van der Waals surface area (Å²) in [5.41, 5.74) is 6.13. The lowest BCUT2D eigenvalue weighted by Gasteiger charge is -2.09. The van der Waals surface area contributed by atoms with Crippen LogP contribution in [-0.4, -0.2) is 43.5 Å². The lowest BCUT2D eigenvalue weighted by molar-refractivity contribution is 0.342. The number of nitrogens with one attached hydrogen (secondary N) is 1. The van der Waals surface area contributed by atoms with Crippen LogP contribution in [0, 0.1) is 0 Å². The van der Waals surface area contributed by atoms with Crippen molar-refractivity contribution in [3.8, 4) is 5.75 Å². The van der Waals surface area contributed by atoms with E-state index in [9.17, 15) is 12.6 Å². The van der Waals surface area contributed by atoms with E-state index >= 15 is 0 Å². The Balaban J connectivity index is 2.35. The van der Waals surface area contributed by atoms with Crippen molar-refractivity contribution in [2.45, 2.75) is 0 Å². The zero-order valence-electron chi connectivity index (χ0n) is 10.7. The summed E-state index contributed by atoms with van der Waals surface area (Å²) >= 11 is 0. The number of para-hydroxylation sites is 2. The zero-order valence-corrected chi connectivity index (χ0v) is 12.3. The molecule has 0 aliphatic heterocycles. The van der Waals surface area contributed by atoms with Crippen molar-refractivity contribution >= 4 is 26.5 Å². The second-order valence-corrected chi connectivity index (χ2v) is 7.36. The Morgan fingerprint density at radius 1 is 1.37 bits per heavy atom. The Hall–Kier alpha value is -1.12. The van der Waals surface area contributed by atoms with Gasteiger partial charge in [-0.15, -0.1) is 0 Å². The highest BCUT2D eigenvalue weighted by Crippen LogP contribution is 2.19. The van der Waals surface area contributed by atoms with E-state index < -0.39 is 20.8 Å². The lowest BCUT2D eigenvalue weighted by atomic mass is 10.3. The summed E-state index contributed by atoms with van der Waals surface area (Å²) in [5.74, 6) is 0.594. The Morgan fingerprint density at radius 3 is 2.68 bits per heavy atom. The molecule has 0 heterocycles. The van der Waals surface area contributed by atoms with E-state index in [2.05, 4.69) is 4.72 Å². The summed E-state index contributed by atoms with van der Waals surface area (Å²) in [5, 5.41) is 0. The van der Waals surface area contributed by atoms with Crippen LogP contribution in [0.2, 0.25) is 0 Å². The fraction of sp³-hybridized carbons (Fsp3) is 0.455. The molecular formula is C11H18N2O4S2. The molecule has 1 aromatic rings. The number of anilines is 1. The van der Waals surface area contributed by atoms with E-state index in [1.165, 1.54) is 6.26 Å². The number of hydrogen-bond acceptors (Lipinski definition) is 5. The second kappa shape index (κ2) is 7.46. The smallest absolute Gasteiger partial charge is 0.214 e. The van der Waals surface area contributed by atoms with Gasteiger partial charge in [0.2, 0.25) is 10.0 Å². The van der Waals surface area contributed by atoms with Crippen LogP contribution >= 0.6 is 0 Å². The Bertz CT molecular complexity index is 531. The van der Waals surface area contributed by atoms with E-state index in [1.807, 2.05) is 0 Å². The van der Waals surface area contributed by atoms with Crippen molar-refractivity contribution in [3.63, 3.8) is 0 Å². The third-order valence-electron chi connectivity index (χ3n) is 2.24. The Morgan fingerprint density at radius 2 is 2.05 bits per heavy atom. The molecule has 8 heteroatoms. The molecule has 108 valence electrons. The van der Waals surface area contributed by atoms with Gasteiger partial charge in [0.15, 0.2) is 0 Å². The minimum absolute atomic E-state index is 0.0127. The van der Waals surface area contributed by atoms with E-state index in [-0.39, 0.29) is 18.9 Å². The van der Waals surface area contributed by atoms with Gasteiger partial charge in [0.05, 0.1) is 11.4 Å². The predicted molar refractivity (Wildman–Crippen MR) is 77.1 cm³/mol. The first kappa shape index (κ1) is 15.9. The molecule has 19 heavy (non-hydrogen) atoms. The molecule has 0 fully saturated rings. The van der Waals surface area contributed by atoms with Crippen LogP contribution in [0.4, 0.5) is 5.69 Å². The van der Waals surface area contributed by atoms with Crippen molar-refractivity contribution in [2.24, 2.45) is 0 Å². The van der Waals surface area contributed by atoms with Crippen molar-refractivity contribution in [1.29, 1.82) is 0 Å². The second-order valence-electron chi connectivity index (χ2n) is 3.88. The van der Waals surface area contributed by atoms with Gasteiger partial charge < -0.3 is 10.5 Å². The maximum Gasteiger partial charge on any atom is 0.214 e. The lowest BCUT2D eigenvalue weighted by Crippen LogP contribution is -2.31. The number of hydrogen-bond donors (Lipinski definition) is 2. The summed E-state index contributed by atoms with van der Waals surface area (Å²) < 4.78 is 41.6. The van der Waals surface area contributed by atoms with Crippen LogP contribution in [0.1, 0.15) is 0 Å². The molecule has 6 nitrogen and oxygen atoms in total. The molecule has 1 unspecified atom stereocenters. The molecular weight excluding hydrogens is 288 g/mol. The highest BCUT2D eigenvalue weighted by molar-refractivity contribution is 7.89. The van der Waals surface area contributed by atoms with Gasteiger partial charge in [0.1, 0.15) is 12.4 Å². The van der Waals surface area contributed by atoms with Crippen LogP contribution in [-0.2, 0) is 20.8 Å². The molecule has 0 aromatic heterocycles. The summed E-state index contributed by atoms with van der Waals surface area (Å²) in [6, 6.07) is 6.88. The number of ether oxygens (including phenoxy) is 1. The topological polar surface area (TPSA) is 98.5 Å². The van der Waals surface area contributed by atoms with Crippen molar-refractivity contribution in [3.05, 3.63) is 24.3 Å². The SMILES string of the molecule is CS(=O)CCNS(=O)(=O)CCOc1ccccc1N. The molecule has 1 aromatic carbocycles. The summed E-state index contributed by atoms with van der Waals surface area (Å²) in [7, 11) is -4.42.